The van der Waals surface area contributed by atoms with Crippen LogP contribution in [0.1, 0.15) is 22.8 Å². The summed E-state index contributed by atoms with van der Waals surface area (Å²) in [5.74, 6) is -0.0580. The maximum absolute atomic E-state index is 14.2. The van der Waals surface area contributed by atoms with Crippen LogP contribution in [0.2, 0.25) is 0 Å². The van der Waals surface area contributed by atoms with E-state index in [0.717, 1.165) is 50.5 Å². The van der Waals surface area contributed by atoms with Crippen LogP contribution in [0.4, 0.5) is 5.13 Å². The maximum Gasteiger partial charge on any atom is 0.260 e. The molecule has 0 unspecified atom stereocenters. The van der Waals surface area contributed by atoms with Crippen LogP contribution in [0.5, 0.6) is 0 Å². The highest BCUT2D eigenvalue weighted by atomic mass is 32.1. The van der Waals surface area contributed by atoms with Crippen LogP contribution < -0.4 is 4.90 Å². The third-order valence-corrected chi connectivity index (χ3v) is 7.15. The number of rotatable bonds is 7. The van der Waals surface area contributed by atoms with Gasteiger partial charge in [-0.05, 0) is 50.3 Å². The number of nitrogens with zero attached hydrogens (tertiary/aromatic N) is 4. The lowest BCUT2D eigenvalue weighted by atomic mass is 10.0. The predicted molar refractivity (Wildman–Crippen MR) is 146 cm³/mol. The number of hydrogen-bond acceptors (Lipinski definition) is 5. The molecule has 35 heavy (non-hydrogen) atoms. The van der Waals surface area contributed by atoms with E-state index in [1.165, 1.54) is 5.56 Å². The zero-order chi connectivity index (χ0) is 24.4. The number of fused-ring (bicyclic) bond motifs is 2. The van der Waals surface area contributed by atoms with E-state index in [0.29, 0.717) is 12.1 Å². The minimum atomic E-state index is -0.0580. The number of aryl methyl sites for hydroxylation is 1. The predicted octanol–water partition coefficient (Wildman–Crippen LogP) is 6.28. The van der Waals surface area contributed by atoms with Crippen molar-refractivity contribution in [3.8, 4) is 11.3 Å². The van der Waals surface area contributed by atoms with Crippen LogP contribution >= 0.6 is 11.3 Å². The Morgan fingerprint density at radius 3 is 2.40 bits per heavy atom. The van der Waals surface area contributed by atoms with Crippen molar-refractivity contribution in [2.24, 2.45) is 0 Å². The number of benzene rings is 3. The van der Waals surface area contributed by atoms with Gasteiger partial charge in [-0.1, -0.05) is 72.9 Å². The zero-order valence-corrected chi connectivity index (χ0v) is 21.0. The van der Waals surface area contributed by atoms with Gasteiger partial charge in [-0.15, -0.1) is 0 Å². The molecule has 5 rings (SSSR count). The Balaban J connectivity index is 1.63. The summed E-state index contributed by atoms with van der Waals surface area (Å²) in [5, 5.41) is 1.57. The standard InChI is InChI=1S/C29H28N4OS/c1-4-20-14-15-25-27(18-20)35-29(31-25)33(17-16-32(2)3)28(34)23-19-26(21-10-6-5-7-11-21)30-24-13-9-8-12-22(23)24/h5-15,18-19H,4,16-17H2,1-3H3. The average molecular weight is 481 g/mol. The number of likely N-dealkylation sites (N-methyl/N-ethyl adjacent to an activating group) is 1. The first-order chi connectivity index (χ1) is 17.0. The summed E-state index contributed by atoms with van der Waals surface area (Å²) in [7, 11) is 4.04. The van der Waals surface area contributed by atoms with E-state index < -0.39 is 0 Å². The van der Waals surface area contributed by atoms with Gasteiger partial charge in [0.2, 0.25) is 0 Å². The van der Waals surface area contributed by atoms with Gasteiger partial charge >= 0.3 is 0 Å². The van der Waals surface area contributed by atoms with Crippen molar-refractivity contribution in [3.63, 3.8) is 0 Å². The number of thiazole rings is 1. The normalized spacial score (nSPS) is 11.4. The second-order valence-electron chi connectivity index (χ2n) is 8.85. The first-order valence-corrected chi connectivity index (χ1v) is 12.7. The minimum absolute atomic E-state index is 0.0580. The van der Waals surface area contributed by atoms with E-state index in [1.54, 1.807) is 11.3 Å². The molecule has 2 aromatic heterocycles. The number of para-hydroxylation sites is 1. The van der Waals surface area contributed by atoms with Crippen LogP contribution in [0.15, 0.2) is 78.9 Å². The summed E-state index contributed by atoms with van der Waals surface area (Å²) in [4.78, 5) is 27.8. The number of anilines is 1. The summed E-state index contributed by atoms with van der Waals surface area (Å²) in [5.41, 5.74) is 5.42. The highest BCUT2D eigenvalue weighted by Gasteiger charge is 2.24. The first-order valence-electron chi connectivity index (χ1n) is 11.8. The smallest absolute Gasteiger partial charge is 0.260 e. The molecule has 0 saturated carbocycles. The summed E-state index contributed by atoms with van der Waals surface area (Å²) >= 11 is 1.58. The molecule has 0 saturated heterocycles. The molecule has 2 heterocycles. The van der Waals surface area contributed by atoms with Crippen molar-refractivity contribution in [2.45, 2.75) is 13.3 Å². The monoisotopic (exact) mass is 480 g/mol. The van der Waals surface area contributed by atoms with E-state index in [-0.39, 0.29) is 5.91 Å². The summed E-state index contributed by atoms with van der Waals surface area (Å²) in [6.07, 6.45) is 0.970. The molecule has 176 valence electrons. The van der Waals surface area contributed by atoms with Gasteiger partial charge in [0.15, 0.2) is 5.13 Å². The number of amides is 1. The van der Waals surface area contributed by atoms with Crippen molar-refractivity contribution < 1.29 is 4.79 Å². The lowest BCUT2D eigenvalue weighted by Crippen LogP contribution is -2.37. The molecule has 0 bridgehead atoms. The van der Waals surface area contributed by atoms with Crippen LogP contribution in [-0.2, 0) is 6.42 Å². The third kappa shape index (κ3) is 4.81. The van der Waals surface area contributed by atoms with Gasteiger partial charge < -0.3 is 4.90 Å². The Labute approximate surface area is 209 Å². The number of carbonyl (C=O) groups excluding carboxylic acids is 1. The Bertz CT molecular complexity index is 1490. The number of carbonyl (C=O) groups is 1. The van der Waals surface area contributed by atoms with Crippen LogP contribution in [0.25, 0.3) is 32.4 Å². The fourth-order valence-electron chi connectivity index (χ4n) is 4.13. The Kier molecular flexibility index (Phi) is 6.57. The minimum Gasteiger partial charge on any atom is -0.308 e. The molecular weight excluding hydrogens is 452 g/mol. The highest BCUT2D eigenvalue weighted by Crippen LogP contribution is 2.32. The summed E-state index contributed by atoms with van der Waals surface area (Å²) in [6, 6.07) is 26.1. The highest BCUT2D eigenvalue weighted by molar-refractivity contribution is 7.22. The summed E-state index contributed by atoms with van der Waals surface area (Å²) < 4.78 is 1.10. The second-order valence-corrected chi connectivity index (χ2v) is 9.86. The lowest BCUT2D eigenvalue weighted by Gasteiger charge is -2.23. The number of hydrogen-bond donors (Lipinski definition) is 0. The van der Waals surface area contributed by atoms with E-state index in [2.05, 4.69) is 30.0 Å². The molecule has 0 fully saturated rings. The first kappa shape index (κ1) is 23.1. The van der Waals surface area contributed by atoms with Crippen LogP contribution in [0.3, 0.4) is 0 Å². The lowest BCUT2D eigenvalue weighted by molar-refractivity contribution is 0.0986. The molecule has 5 aromatic rings. The van der Waals surface area contributed by atoms with Crippen LogP contribution in [0, 0.1) is 0 Å². The van der Waals surface area contributed by atoms with E-state index in [4.69, 9.17) is 9.97 Å². The summed E-state index contributed by atoms with van der Waals surface area (Å²) in [6.45, 7) is 3.43. The fraction of sp³-hybridized carbons (Fsp3) is 0.207. The van der Waals surface area contributed by atoms with E-state index in [9.17, 15) is 4.79 Å². The second kappa shape index (κ2) is 9.94. The van der Waals surface area contributed by atoms with Gasteiger partial charge in [0.1, 0.15) is 0 Å². The molecule has 0 aliphatic carbocycles. The van der Waals surface area contributed by atoms with Crippen LogP contribution in [-0.4, -0.2) is 48.0 Å². The molecule has 0 radical (unpaired) electrons. The molecular formula is C29H28N4OS. The molecule has 0 N–H and O–H groups in total. The van der Waals surface area contributed by atoms with Gasteiger partial charge in [0.25, 0.3) is 5.91 Å². The Morgan fingerprint density at radius 1 is 0.857 bits per heavy atom. The molecule has 0 aliphatic heterocycles. The third-order valence-electron chi connectivity index (χ3n) is 6.11. The molecule has 6 heteroatoms. The van der Waals surface area contributed by atoms with Gasteiger partial charge in [-0.2, -0.15) is 0 Å². The topological polar surface area (TPSA) is 49.3 Å². The van der Waals surface area contributed by atoms with Gasteiger partial charge in [-0.3, -0.25) is 9.69 Å². The number of pyridine rings is 1. The molecule has 5 nitrogen and oxygen atoms in total. The molecule has 0 spiro atoms. The van der Waals surface area contributed by atoms with Gasteiger partial charge in [0, 0.05) is 24.0 Å². The van der Waals surface area contributed by atoms with E-state index in [1.807, 2.05) is 79.7 Å². The average Bonchev–Trinajstić information content (AvgIpc) is 3.31. The Morgan fingerprint density at radius 2 is 1.63 bits per heavy atom. The zero-order valence-electron chi connectivity index (χ0n) is 20.2. The van der Waals surface area contributed by atoms with Gasteiger partial charge in [-0.25, -0.2) is 9.97 Å². The quantitative estimate of drug-likeness (QED) is 0.275. The Hall–Kier alpha value is -3.61. The van der Waals surface area contributed by atoms with Gasteiger partial charge in [0.05, 0.1) is 27.0 Å². The van der Waals surface area contributed by atoms with Crippen molar-refractivity contribution in [1.82, 2.24) is 14.9 Å². The SMILES string of the molecule is CCc1ccc2nc(N(CCN(C)C)C(=O)c3cc(-c4ccccc4)nc4ccccc34)sc2c1. The number of aromatic nitrogens is 2. The maximum atomic E-state index is 14.2. The van der Waals surface area contributed by atoms with Crippen molar-refractivity contribution in [1.29, 1.82) is 0 Å². The van der Waals surface area contributed by atoms with Crippen molar-refractivity contribution in [3.05, 3.63) is 90.0 Å². The molecule has 0 aliphatic rings. The van der Waals surface area contributed by atoms with E-state index >= 15 is 0 Å². The van der Waals surface area contributed by atoms with Crippen molar-refractivity contribution in [2.75, 3.05) is 32.1 Å². The molecule has 3 aromatic carbocycles. The molecule has 1 amide bonds. The molecule has 0 atom stereocenters. The fourth-order valence-corrected chi connectivity index (χ4v) is 5.18. The largest absolute Gasteiger partial charge is 0.308 e. The van der Waals surface area contributed by atoms with Crippen molar-refractivity contribution >= 4 is 43.5 Å².